The Morgan fingerprint density at radius 2 is 2.03 bits per heavy atom. The van der Waals surface area contributed by atoms with Gasteiger partial charge in [0.05, 0.1) is 19.7 Å². The molecule has 0 unspecified atom stereocenters. The van der Waals surface area contributed by atoms with Crippen molar-refractivity contribution in [1.82, 2.24) is 19.9 Å². The Labute approximate surface area is 203 Å². The number of amides is 2. The van der Waals surface area contributed by atoms with Crippen LogP contribution in [0.4, 0.5) is 0 Å². The topological polar surface area (TPSA) is 103 Å². The van der Waals surface area contributed by atoms with Gasteiger partial charge in [0.2, 0.25) is 5.91 Å². The van der Waals surface area contributed by atoms with Crippen molar-refractivity contribution in [3.8, 4) is 11.5 Å². The van der Waals surface area contributed by atoms with E-state index in [1.165, 1.54) is 11.3 Å². The van der Waals surface area contributed by atoms with Crippen LogP contribution in [0.15, 0.2) is 58.5 Å². The molecule has 1 aliphatic rings. The van der Waals surface area contributed by atoms with Gasteiger partial charge in [0.1, 0.15) is 5.69 Å². The van der Waals surface area contributed by atoms with Gasteiger partial charge in [-0.1, -0.05) is 6.07 Å². The van der Waals surface area contributed by atoms with Gasteiger partial charge in [-0.2, -0.15) is 0 Å². The van der Waals surface area contributed by atoms with Crippen LogP contribution in [0.1, 0.15) is 51.8 Å². The van der Waals surface area contributed by atoms with Crippen LogP contribution in [0.5, 0.6) is 0 Å². The number of nitrogens with one attached hydrogen (secondary N) is 1. The molecule has 3 heterocycles. The van der Waals surface area contributed by atoms with E-state index in [0.29, 0.717) is 16.0 Å². The quantitative estimate of drug-likeness (QED) is 0.386. The fourth-order valence-corrected chi connectivity index (χ4v) is 5.81. The van der Waals surface area contributed by atoms with Crippen LogP contribution in [-0.2, 0) is 0 Å². The number of primary amides is 1. The molecule has 2 atom stereocenters. The first-order valence-electron chi connectivity index (χ1n) is 10.8. The number of halogens is 1. The minimum atomic E-state index is -0.480. The van der Waals surface area contributed by atoms with Gasteiger partial charge in [0.25, 0.3) is 5.91 Å². The number of fused-ring (bicyclic) bond motifs is 1. The van der Waals surface area contributed by atoms with Crippen molar-refractivity contribution in [2.45, 2.75) is 37.8 Å². The van der Waals surface area contributed by atoms with Gasteiger partial charge in [0.15, 0.2) is 5.82 Å². The molecule has 1 saturated carbocycles. The molecule has 0 aliphatic heterocycles. The first-order valence-corrected chi connectivity index (χ1v) is 12.4. The van der Waals surface area contributed by atoms with E-state index in [1.807, 2.05) is 36.4 Å². The number of carbonyl (C=O) groups is 2. The third-order valence-corrected chi connectivity index (χ3v) is 7.63. The van der Waals surface area contributed by atoms with E-state index in [0.717, 1.165) is 46.5 Å². The molecule has 2 amide bonds. The number of pyridine rings is 1. The minimum absolute atomic E-state index is 0.0390. The first-order chi connectivity index (χ1) is 16.0. The van der Waals surface area contributed by atoms with E-state index < -0.39 is 5.91 Å². The lowest BCUT2D eigenvalue weighted by Gasteiger charge is -2.31. The molecular formula is C24H22BrN5O2S. The van der Waals surface area contributed by atoms with Crippen LogP contribution < -0.4 is 11.1 Å². The second kappa shape index (κ2) is 9.07. The van der Waals surface area contributed by atoms with Crippen LogP contribution in [0.2, 0.25) is 0 Å². The Morgan fingerprint density at radius 1 is 1.15 bits per heavy atom. The summed E-state index contributed by atoms with van der Waals surface area (Å²) in [7, 11) is 0. The molecule has 4 aromatic rings. The van der Waals surface area contributed by atoms with Crippen molar-refractivity contribution in [2.75, 3.05) is 0 Å². The molecule has 5 rings (SSSR count). The average Bonchev–Trinajstić information content (AvgIpc) is 3.43. The Balaban J connectivity index is 1.49. The number of hydrogen-bond donors (Lipinski definition) is 2. The van der Waals surface area contributed by atoms with E-state index in [1.54, 1.807) is 18.3 Å². The zero-order valence-electron chi connectivity index (χ0n) is 17.7. The highest BCUT2D eigenvalue weighted by Crippen LogP contribution is 2.36. The van der Waals surface area contributed by atoms with Crippen molar-refractivity contribution in [3.63, 3.8) is 0 Å². The number of nitrogens with zero attached hydrogens (tertiary/aromatic N) is 3. The van der Waals surface area contributed by atoms with Crippen LogP contribution in [0.25, 0.3) is 22.6 Å². The zero-order chi connectivity index (χ0) is 22.9. The average molecular weight is 524 g/mol. The third-order valence-electron chi connectivity index (χ3n) is 6.01. The number of imidazole rings is 1. The molecular weight excluding hydrogens is 502 g/mol. The van der Waals surface area contributed by atoms with Crippen molar-refractivity contribution in [2.24, 2.45) is 5.73 Å². The van der Waals surface area contributed by atoms with Crippen molar-refractivity contribution < 1.29 is 9.59 Å². The second-order valence-corrected chi connectivity index (χ2v) is 10.6. The fourth-order valence-electron chi connectivity index (χ4n) is 4.52. The Hall–Kier alpha value is -3.04. The molecule has 168 valence electrons. The van der Waals surface area contributed by atoms with Gasteiger partial charge in [-0.15, -0.1) is 11.3 Å². The van der Waals surface area contributed by atoms with Crippen LogP contribution in [-0.4, -0.2) is 32.4 Å². The summed E-state index contributed by atoms with van der Waals surface area (Å²) < 4.78 is 3.15. The number of rotatable bonds is 5. The molecule has 33 heavy (non-hydrogen) atoms. The van der Waals surface area contributed by atoms with Crippen molar-refractivity contribution in [1.29, 1.82) is 0 Å². The fraction of sp³-hybridized carbons (Fsp3) is 0.250. The lowest BCUT2D eigenvalue weighted by atomic mass is 9.90. The highest BCUT2D eigenvalue weighted by molar-refractivity contribution is 9.11. The van der Waals surface area contributed by atoms with E-state index >= 15 is 0 Å². The highest BCUT2D eigenvalue weighted by atomic mass is 79.9. The first kappa shape index (κ1) is 21.8. The zero-order valence-corrected chi connectivity index (χ0v) is 20.1. The maximum Gasteiger partial charge on any atom is 0.261 e. The van der Waals surface area contributed by atoms with Gasteiger partial charge in [-0.3, -0.25) is 14.6 Å². The number of nitrogens with two attached hydrogens (primary N) is 1. The number of carbonyl (C=O) groups excluding carboxylic acids is 2. The highest BCUT2D eigenvalue weighted by Gasteiger charge is 2.29. The van der Waals surface area contributed by atoms with Gasteiger partial charge < -0.3 is 15.6 Å². The number of thiophene rings is 1. The van der Waals surface area contributed by atoms with Crippen LogP contribution >= 0.6 is 27.3 Å². The molecule has 1 fully saturated rings. The van der Waals surface area contributed by atoms with E-state index in [2.05, 4.69) is 30.8 Å². The minimum Gasteiger partial charge on any atom is -0.366 e. The van der Waals surface area contributed by atoms with Gasteiger partial charge >= 0.3 is 0 Å². The molecule has 0 saturated heterocycles. The standard InChI is InChI=1S/C24H22BrN5O2S/c25-21-10-9-20(33-21)24(32)28-15-4-3-5-16(13-15)30-19-8-7-14(22(26)31)12-18(19)29-23(30)17-6-1-2-11-27-17/h1-2,6-12,15-16H,3-5,13H2,(H2,26,31)(H,28,32)/t15-,16+/m0/s1. The number of benzene rings is 1. The molecule has 0 radical (unpaired) electrons. The molecule has 3 N–H and O–H groups in total. The second-order valence-electron chi connectivity index (χ2n) is 8.18. The van der Waals surface area contributed by atoms with Gasteiger partial charge in [0, 0.05) is 23.8 Å². The number of hydrogen-bond acceptors (Lipinski definition) is 5. The van der Waals surface area contributed by atoms with Crippen LogP contribution in [0.3, 0.4) is 0 Å². The molecule has 1 aromatic carbocycles. The molecule has 9 heteroatoms. The van der Waals surface area contributed by atoms with Crippen molar-refractivity contribution >= 4 is 50.1 Å². The van der Waals surface area contributed by atoms with Gasteiger partial charge in [-0.05, 0) is 84.1 Å². The predicted molar refractivity (Wildman–Crippen MR) is 132 cm³/mol. The van der Waals surface area contributed by atoms with E-state index in [9.17, 15) is 9.59 Å². The summed E-state index contributed by atoms with van der Waals surface area (Å²) >= 11 is 4.85. The monoisotopic (exact) mass is 523 g/mol. The lowest BCUT2D eigenvalue weighted by molar-refractivity contribution is 0.0924. The Bertz CT molecular complexity index is 1330. The molecule has 7 nitrogen and oxygen atoms in total. The lowest BCUT2D eigenvalue weighted by Crippen LogP contribution is -2.38. The molecule has 0 spiro atoms. The summed E-state index contributed by atoms with van der Waals surface area (Å²) in [5.41, 5.74) is 8.32. The summed E-state index contributed by atoms with van der Waals surface area (Å²) in [6, 6.07) is 15.0. The van der Waals surface area contributed by atoms with Crippen molar-refractivity contribution in [3.05, 3.63) is 69.0 Å². The third kappa shape index (κ3) is 4.43. The molecule has 0 bridgehead atoms. The summed E-state index contributed by atoms with van der Waals surface area (Å²) in [6.07, 6.45) is 5.44. The Kier molecular flexibility index (Phi) is 5.99. The summed E-state index contributed by atoms with van der Waals surface area (Å²) in [5.74, 6) is 0.237. The van der Waals surface area contributed by atoms with E-state index in [4.69, 9.17) is 10.7 Å². The predicted octanol–water partition coefficient (Wildman–Crippen LogP) is 4.93. The normalized spacial score (nSPS) is 18.3. The molecule has 1 aliphatic carbocycles. The molecule has 3 aromatic heterocycles. The van der Waals surface area contributed by atoms with Crippen LogP contribution in [0, 0.1) is 0 Å². The maximum absolute atomic E-state index is 12.7. The summed E-state index contributed by atoms with van der Waals surface area (Å²) in [4.78, 5) is 34.5. The summed E-state index contributed by atoms with van der Waals surface area (Å²) in [5, 5.41) is 3.21. The largest absolute Gasteiger partial charge is 0.366 e. The van der Waals surface area contributed by atoms with Gasteiger partial charge in [-0.25, -0.2) is 4.98 Å². The van der Waals surface area contributed by atoms with E-state index in [-0.39, 0.29) is 18.0 Å². The SMILES string of the molecule is NC(=O)c1ccc2c(c1)nc(-c1ccccn1)n2[C@@H]1CCC[C@H](NC(=O)c2ccc(Br)s2)C1. The summed E-state index contributed by atoms with van der Waals surface area (Å²) in [6.45, 7) is 0. The maximum atomic E-state index is 12.7. The smallest absolute Gasteiger partial charge is 0.261 e. The Morgan fingerprint density at radius 3 is 2.76 bits per heavy atom. The number of aromatic nitrogens is 3.